The fourth-order valence-corrected chi connectivity index (χ4v) is 3.57. The van der Waals surface area contributed by atoms with Crippen molar-refractivity contribution < 1.29 is 9.53 Å². The molecule has 0 bridgehead atoms. The van der Waals surface area contributed by atoms with Crippen molar-refractivity contribution in [3.63, 3.8) is 0 Å². The topological polar surface area (TPSA) is 31.2 Å². The number of carbonyl (C=O) groups excluding carboxylic acids is 1. The van der Waals surface area contributed by atoms with Crippen LogP contribution in [0.2, 0.25) is 0 Å². The molecule has 1 aliphatic carbocycles. The third kappa shape index (κ3) is 2.62. The zero-order valence-corrected chi connectivity index (χ0v) is 11.7. The van der Waals surface area contributed by atoms with Crippen LogP contribution in [0.15, 0.2) is 18.5 Å². The van der Waals surface area contributed by atoms with Crippen LogP contribution in [0, 0.1) is 0 Å². The molecule has 0 N–H and O–H groups in total. The van der Waals surface area contributed by atoms with Crippen molar-refractivity contribution in [1.29, 1.82) is 0 Å². The molecular weight excluding hydrogens is 238 g/mol. The number of ketones is 1. The van der Waals surface area contributed by atoms with E-state index in [9.17, 15) is 4.79 Å². The Kier molecular flexibility index (Phi) is 3.48. The number of Topliss-reactive ketones (excluding diaryl/α,β-unsaturated/α-hetero) is 1. The molecule has 1 spiro atoms. The summed E-state index contributed by atoms with van der Waals surface area (Å²) in [5.41, 5.74) is 1.04. The van der Waals surface area contributed by atoms with Gasteiger partial charge in [-0.3, -0.25) is 4.79 Å². The monoisotopic (exact) mass is 261 g/mol. The van der Waals surface area contributed by atoms with Crippen LogP contribution in [-0.4, -0.2) is 22.1 Å². The molecule has 1 aromatic heterocycles. The third-order valence-electron chi connectivity index (χ3n) is 4.66. The van der Waals surface area contributed by atoms with E-state index in [4.69, 9.17) is 4.74 Å². The third-order valence-corrected chi connectivity index (χ3v) is 4.66. The number of aromatic nitrogens is 1. The Morgan fingerprint density at radius 1 is 1.42 bits per heavy atom. The van der Waals surface area contributed by atoms with Gasteiger partial charge < -0.3 is 9.30 Å². The van der Waals surface area contributed by atoms with Crippen molar-refractivity contribution in [1.82, 2.24) is 4.57 Å². The predicted octanol–water partition coefficient (Wildman–Crippen LogP) is 3.57. The van der Waals surface area contributed by atoms with Gasteiger partial charge in [0.05, 0.1) is 11.7 Å². The van der Waals surface area contributed by atoms with Crippen molar-refractivity contribution in [2.75, 3.05) is 0 Å². The van der Waals surface area contributed by atoms with E-state index >= 15 is 0 Å². The average Bonchev–Trinajstić information content (AvgIpc) is 3.13. The first-order valence-corrected chi connectivity index (χ1v) is 7.58. The fourth-order valence-electron chi connectivity index (χ4n) is 3.57. The summed E-state index contributed by atoms with van der Waals surface area (Å²) in [6.45, 7) is 2.79. The zero-order valence-electron chi connectivity index (χ0n) is 11.7. The first-order chi connectivity index (χ1) is 9.21. The summed E-state index contributed by atoms with van der Waals surface area (Å²) in [6, 6.07) is 1.92. The van der Waals surface area contributed by atoms with E-state index < -0.39 is 0 Å². The van der Waals surface area contributed by atoms with E-state index in [-0.39, 0.29) is 11.4 Å². The van der Waals surface area contributed by atoms with E-state index in [2.05, 4.69) is 4.57 Å². The van der Waals surface area contributed by atoms with Gasteiger partial charge in [-0.15, -0.1) is 0 Å². The molecule has 2 aliphatic rings. The maximum absolute atomic E-state index is 11.6. The summed E-state index contributed by atoms with van der Waals surface area (Å²) in [7, 11) is 0. The Morgan fingerprint density at radius 2 is 2.21 bits per heavy atom. The van der Waals surface area contributed by atoms with Crippen molar-refractivity contribution >= 4 is 5.78 Å². The zero-order chi connectivity index (χ0) is 13.3. The number of carbonyl (C=O) groups is 1. The van der Waals surface area contributed by atoms with E-state index in [0.29, 0.717) is 12.5 Å². The molecule has 1 aromatic rings. The highest BCUT2D eigenvalue weighted by Gasteiger charge is 2.42. The Balaban J connectivity index is 1.60. The van der Waals surface area contributed by atoms with Gasteiger partial charge in [0, 0.05) is 30.9 Å². The van der Waals surface area contributed by atoms with Gasteiger partial charge in [-0.1, -0.05) is 19.8 Å². The largest absolute Gasteiger partial charge is 0.370 e. The van der Waals surface area contributed by atoms with Gasteiger partial charge in [-0.05, 0) is 31.7 Å². The second kappa shape index (κ2) is 5.12. The van der Waals surface area contributed by atoms with Crippen LogP contribution in [0.1, 0.15) is 62.2 Å². The Hall–Kier alpha value is -1.09. The lowest BCUT2D eigenvalue weighted by Crippen LogP contribution is -2.26. The maximum Gasteiger partial charge on any atom is 0.164 e. The van der Waals surface area contributed by atoms with Gasteiger partial charge in [0.15, 0.2) is 5.78 Å². The smallest absolute Gasteiger partial charge is 0.164 e. The van der Waals surface area contributed by atoms with Gasteiger partial charge in [0.25, 0.3) is 0 Å². The molecule has 3 heteroatoms. The lowest BCUT2D eigenvalue weighted by Gasteiger charge is -2.23. The fraction of sp³-hybridized carbons (Fsp3) is 0.688. The number of hydrogen-bond donors (Lipinski definition) is 0. The highest BCUT2D eigenvalue weighted by atomic mass is 16.5. The normalized spacial score (nSPS) is 25.2. The molecule has 3 rings (SSSR count). The Bertz CT molecular complexity index is 457. The molecule has 1 atom stereocenters. The molecule has 0 aromatic carbocycles. The summed E-state index contributed by atoms with van der Waals surface area (Å²) >= 11 is 0. The SMILES string of the molecule is CCC(=O)c1ccn(CC2CCC3(CCCC3)O2)c1. The first-order valence-electron chi connectivity index (χ1n) is 7.58. The molecule has 2 fully saturated rings. The predicted molar refractivity (Wildman–Crippen MR) is 74.4 cm³/mol. The van der Waals surface area contributed by atoms with Gasteiger partial charge >= 0.3 is 0 Å². The minimum atomic E-state index is 0.208. The van der Waals surface area contributed by atoms with Gasteiger partial charge in [0.2, 0.25) is 0 Å². The average molecular weight is 261 g/mol. The van der Waals surface area contributed by atoms with Crippen LogP contribution in [0.3, 0.4) is 0 Å². The first kappa shape index (κ1) is 12.9. The Labute approximate surface area is 114 Å². The van der Waals surface area contributed by atoms with E-state index in [0.717, 1.165) is 18.5 Å². The van der Waals surface area contributed by atoms with Crippen molar-refractivity contribution in [3.05, 3.63) is 24.0 Å². The van der Waals surface area contributed by atoms with Crippen LogP contribution >= 0.6 is 0 Å². The van der Waals surface area contributed by atoms with Crippen LogP contribution in [0.25, 0.3) is 0 Å². The molecule has 0 radical (unpaired) electrons. The molecule has 3 nitrogen and oxygen atoms in total. The summed E-state index contributed by atoms with van der Waals surface area (Å²) < 4.78 is 8.42. The quantitative estimate of drug-likeness (QED) is 0.776. The van der Waals surface area contributed by atoms with Gasteiger partial charge in [-0.25, -0.2) is 0 Å². The van der Waals surface area contributed by atoms with Crippen LogP contribution < -0.4 is 0 Å². The highest BCUT2D eigenvalue weighted by molar-refractivity contribution is 5.95. The number of nitrogens with zero attached hydrogens (tertiary/aromatic N) is 1. The van der Waals surface area contributed by atoms with Crippen LogP contribution in [-0.2, 0) is 11.3 Å². The van der Waals surface area contributed by atoms with Crippen molar-refractivity contribution in [2.24, 2.45) is 0 Å². The van der Waals surface area contributed by atoms with Gasteiger partial charge in [-0.2, -0.15) is 0 Å². The molecule has 0 amide bonds. The van der Waals surface area contributed by atoms with Crippen LogP contribution in [0.4, 0.5) is 0 Å². The van der Waals surface area contributed by atoms with Gasteiger partial charge in [0.1, 0.15) is 0 Å². The summed E-state index contributed by atoms with van der Waals surface area (Å²) in [6.07, 6.45) is 12.4. The number of hydrogen-bond acceptors (Lipinski definition) is 2. The number of ether oxygens (including phenoxy) is 1. The second-order valence-corrected chi connectivity index (χ2v) is 6.04. The van der Waals surface area contributed by atoms with Crippen molar-refractivity contribution in [2.45, 2.75) is 70.1 Å². The minimum absolute atomic E-state index is 0.208. The Morgan fingerprint density at radius 3 is 2.95 bits per heavy atom. The molecule has 1 aliphatic heterocycles. The maximum atomic E-state index is 11.6. The van der Waals surface area contributed by atoms with E-state index in [1.54, 1.807) is 0 Å². The molecule has 19 heavy (non-hydrogen) atoms. The minimum Gasteiger partial charge on any atom is -0.370 e. The summed E-state index contributed by atoms with van der Waals surface area (Å²) in [4.78, 5) is 11.6. The standard InChI is InChI=1S/C16H23NO2/c1-2-15(18)13-6-10-17(11-13)12-14-5-9-16(19-14)7-3-4-8-16/h6,10-11,14H,2-5,7-9,12H2,1H3. The van der Waals surface area contributed by atoms with E-state index in [1.165, 1.54) is 32.1 Å². The van der Waals surface area contributed by atoms with Crippen LogP contribution in [0.5, 0.6) is 0 Å². The second-order valence-electron chi connectivity index (χ2n) is 6.04. The van der Waals surface area contributed by atoms with E-state index in [1.807, 2.05) is 25.4 Å². The molecule has 2 heterocycles. The lowest BCUT2D eigenvalue weighted by molar-refractivity contribution is -0.0417. The molecule has 104 valence electrons. The van der Waals surface area contributed by atoms with Crippen molar-refractivity contribution in [3.8, 4) is 0 Å². The molecule has 1 unspecified atom stereocenters. The summed E-state index contributed by atoms with van der Waals surface area (Å²) in [5, 5.41) is 0. The molecular formula is C16H23NO2. The lowest BCUT2D eigenvalue weighted by atomic mass is 9.98. The molecule has 1 saturated carbocycles. The summed E-state index contributed by atoms with van der Waals surface area (Å²) in [5.74, 6) is 0.221. The molecule has 1 saturated heterocycles. The number of rotatable bonds is 4. The highest BCUT2D eigenvalue weighted by Crippen LogP contribution is 2.43.